The highest BCUT2D eigenvalue weighted by Gasteiger charge is 2.19. The molecule has 110 valence electrons. The van der Waals surface area contributed by atoms with Crippen molar-refractivity contribution in [3.05, 3.63) is 45.8 Å². The summed E-state index contributed by atoms with van der Waals surface area (Å²) in [7, 11) is -3.88. The Kier molecular flexibility index (Phi) is 4.77. The molecule has 0 aliphatic rings. The van der Waals surface area contributed by atoms with Crippen LogP contribution in [0.2, 0.25) is 5.02 Å². The van der Waals surface area contributed by atoms with Gasteiger partial charge in [-0.15, -0.1) is 0 Å². The van der Waals surface area contributed by atoms with Gasteiger partial charge in [-0.1, -0.05) is 29.9 Å². The number of anilines is 1. The smallest absolute Gasteiger partial charge is 0.264 e. The minimum Gasteiger partial charge on any atom is -0.389 e. The summed E-state index contributed by atoms with van der Waals surface area (Å²) < 4.78 is 27.3. The molecule has 0 aliphatic heterocycles. The number of hydrogen-bond acceptors (Lipinski definition) is 5. The third kappa shape index (κ3) is 3.88. The van der Waals surface area contributed by atoms with E-state index in [4.69, 9.17) is 29.6 Å². The molecule has 0 amide bonds. The zero-order valence-electron chi connectivity index (χ0n) is 10.2. The van der Waals surface area contributed by atoms with E-state index in [1.165, 1.54) is 30.6 Å². The Morgan fingerprint density at radius 2 is 2.05 bits per heavy atom. The Bertz CT molecular complexity index is 796. The van der Waals surface area contributed by atoms with E-state index in [0.717, 1.165) is 0 Å². The van der Waals surface area contributed by atoms with Crippen molar-refractivity contribution in [1.29, 1.82) is 0 Å². The van der Waals surface area contributed by atoms with Crippen molar-refractivity contribution in [2.75, 3.05) is 4.72 Å². The molecule has 0 atom stereocenters. The van der Waals surface area contributed by atoms with Crippen LogP contribution in [0.3, 0.4) is 0 Å². The molecule has 10 heteroatoms. The number of hydrogen-bond donors (Lipinski definition) is 2. The Labute approximate surface area is 139 Å². The summed E-state index contributed by atoms with van der Waals surface area (Å²) in [6.45, 7) is 0. The molecule has 0 bridgehead atoms. The topological polar surface area (TPSA) is 98.0 Å². The number of benzene rings is 1. The number of nitrogens with one attached hydrogen (secondary N) is 1. The van der Waals surface area contributed by atoms with Crippen molar-refractivity contribution in [1.82, 2.24) is 9.97 Å². The molecule has 1 aromatic carbocycles. The second-order valence-electron chi connectivity index (χ2n) is 3.84. The molecule has 2 aromatic rings. The minimum atomic E-state index is -3.88. The first-order valence-electron chi connectivity index (χ1n) is 5.39. The lowest BCUT2D eigenvalue weighted by Gasteiger charge is -2.09. The van der Waals surface area contributed by atoms with Crippen LogP contribution in [0.25, 0.3) is 0 Å². The summed E-state index contributed by atoms with van der Waals surface area (Å²) in [6.07, 6.45) is 2.65. The predicted molar refractivity (Wildman–Crippen MR) is 87.9 cm³/mol. The van der Waals surface area contributed by atoms with Crippen LogP contribution in [0.5, 0.6) is 0 Å². The summed E-state index contributed by atoms with van der Waals surface area (Å²) in [4.78, 5) is 7.79. The first-order valence-corrected chi connectivity index (χ1v) is 8.45. The highest BCUT2D eigenvalue weighted by atomic mass is 79.9. The van der Waals surface area contributed by atoms with Gasteiger partial charge in [0.1, 0.15) is 14.5 Å². The van der Waals surface area contributed by atoms with Gasteiger partial charge in [-0.25, -0.2) is 18.4 Å². The second kappa shape index (κ2) is 6.22. The van der Waals surface area contributed by atoms with Gasteiger partial charge in [-0.2, -0.15) is 0 Å². The van der Waals surface area contributed by atoms with Gasteiger partial charge >= 0.3 is 0 Å². The summed E-state index contributed by atoms with van der Waals surface area (Å²) in [5.74, 6) is 0.0766. The lowest BCUT2D eigenvalue weighted by atomic mass is 10.2. The molecular formula is C11H8BrClN4O2S2. The van der Waals surface area contributed by atoms with Gasteiger partial charge in [0.2, 0.25) is 0 Å². The van der Waals surface area contributed by atoms with E-state index in [9.17, 15) is 8.42 Å². The van der Waals surface area contributed by atoms with Crippen LogP contribution in [0.4, 0.5) is 5.82 Å². The molecule has 0 unspecified atom stereocenters. The fraction of sp³-hybridized carbons (Fsp3) is 0. The Morgan fingerprint density at radius 3 is 2.57 bits per heavy atom. The van der Waals surface area contributed by atoms with Crippen molar-refractivity contribution in [2.24, 2.45) is 5.73 Å². The van der Waals surface area contributed by atoms with Gasteiger partial charge in [0.25, 0.3) is 10.0 Å². The molecular weight excluding hydrogens is 400 g/mol. The molecule has 0 radical (unpaired) electrons. The molecule has 6 nitrogen and oxygen atoms in total. The van der Waals surface area contributed by atoms with E-state index in [1.807, 2.05) is 0 Å². The number of halogens is 2. The van der Waals surface area contributed by atoms with Crippen molar-refractivity contribution >= 4 is 60.6 Å². The van der Waals surface area contributed by atoms with Gasteiger partial charge in [0.15, 0.2) is 5.82 Å². The van der Waals surface area contributed by atoms with Crippen LogP contribution in [0.1, 0.15) is 5.56 Å². The molecule has 0 aliphatic carbocycles. The van der Waals surface area contributed by atoms with E-state index in [-0.39, 0.29) is 20.7 Å². The molecule has 0 saturated carbocycles. The third-order valence-corrected chi connectivity index (χ3v) is 4.85. The number of sulfonamides is 1. The lowest BCUT2D eigenvalue weighted by molar-refractivity contribution is 0.601. The molecule has 0 saturated heterocycles. The van der Waals surface area contributed by atoms with Gasteiger partial charge < -0.3 is 5.73 Å². The van der Waals surface area contributed by atoms with E-state index in [2.05, 4.69) is 30.6 Å². The first-order chi connectivity index (χ1) is 9.79. The van der Waals surface area contributed by atoms with Crippen LogP contribution >= 0.6 is 39.7 Å². The fourth-order valence-corrected chi connectivity index (χ4v) is 3.30. The van der Waals surface area contributed by atoms with E-state index in [0.29, 0.717) is 10.2 Å². The first kappa shape index (κ1) is 16.1. The van der Waals surface area contributed by atoms with Crippen molar-refractivity contribution in [3.8, 4) is 0 Å². The maximum absolute atomic E-state index is 12.2. The van der Waals surface area contributed by atoms with E-state index < -0.39 is 10.0 Å². The van der Waals surface area contributed by atoms with Crippen molar-refractivity contribution in [3.63, 3.8) is 0 Å². The van der Waals surface area contributed by atoms with Gasteiger partial charge in [0.05, 0.1) is 17.4 Å². The van der Waals surface area contributed by atoms with Crippen LogP contribution in [-0.2, 0) is 10.0 Å². The third-order valence-electron chi connectivity index (χ3n) is 2.37. The minimum absolute atomic E-state index is 0.0119. The number of nitrogens with zero attached hydrogens (tertiary/aromatic N) is 2. The molecule has 3 N–H and O–H groups in total. The Hall–Kier alpha value is -1.29. The summed E-state index contributed by atoms with van der Waals surface area (Å²) in [5.41, 5.74) is 5.95. The lowest BCUT2D eigenvalue weighted by Crippen LogP contribution is -2.15. The molecule has 1 aromatic heterocycles. The fourth-order valence-electron chi connectivity index (χ4n) is 1.43. The van der Waals surface area contributed by atoms with Gasteiger partial charge in [-0.05, 0) is 28.1 Å². The SMILES string of the molecule is NC(=S)c1ccc(S(=O)(=O)Nc2cnc(Br)cn2)c(Cl)c1. The standard InChI is InChI=1S/C11H8BrClN4O2S2/c12-9-4-16-10(5-15-9)17-21(18,19)8-2-1-6(11(14)20)3-7(8)13/h1-5H,(H2,14,20)(H,16,17). The normalized spacial score (nSPS) is 11.1. The monoisotopic (exact) mass is 406 g/mol. The molecule has 0 fully saturated rings. The maximum atomic E-state index is 12.2. The average molecular weight is 408 g/mol. The van der Waals surface area contributed by atoms with Crippen LogP contribution < -0.4 is 10.5 Å². The Morgan fingerprint density at radius 1 is 1.33 bits per heavy atom. The van der Waals surface area contributed by atoms with Gasteiger partial charge in [-0.3, -0.25) is 4.72 Å². The molecule has 2 rings (SSSR count). The predicted octanol–water partition coefficient (Wildman–Crippen LogP) is 2.33. The highest BCUT2D eigenvalue weighted by Crippen LogP contribution is 2.24. The van der Waals surface area contributed by atoms with Crippen molar-refractivity contribution < 1.29 is 8.42 Å². The average Bonchev–Trinajstić information content (AvgIpc) is 2.40. The maximum Gasteiger partial charge on any atom is 0.264 e. The molecule has 1 heterocycles. The zero-order valence-corrected chi connectivity index (χ0v) is 14.2. The van der Waals surface area contributed by atoms with Crippen LogP contribution in [0, 0.1) is 0 Å². The number of rotatable bonds is 4. The second-order valence-corrected chi connectivity index (χ2v) is 7.15. The summed E-state index contributed by atoms with van der Waals surface area (Å²) in [6, 6.07) is 4.20. The summed E-state index contributed by atoms with van der Waals surface area (Å²) >= 11 is 13.9. The molecule has 0 spiro atoms. The zero-order chi connectivity index (χ0) is 15.6. The number of nitrogens with two attached hydrogens (primary N) is 1. The Balaban J connectivity index is 2.35. The largest absolute Gasteiger partial charge is 0.389 e. The quantitative estimate of drug-likeness (QED) is 0.755. The number of aromatic nitrogens is 2. The van der Waals surface area contributed by atoms with Crippen LogP contribution in [-0.4, -0.2) is 23.4 Å². The van der Waals surface area contributed by atoms with E-state index >= 15 is 0 Å². The van der Waals surface area contributed by atoms with Crippen LogP contribution in [0.15, 0.2) is 40.1 Å². The van der Waals surface area contributed by atoms with Gasteiger partial charge in [0, 0.05) is 5.56 Å². The number of thiocarbonyl (C=S) groups is 1. The van der Waals surface area contributed by atoms with E-state index in [1.54, 1.807) is 0 Å². The van der Waals surface area contributed by atoms with Crippen molar-refractivity contribution in [2.45, 2.75) is 4.90 Å². The summed E-state index contributed by atoms with van der Waals surface area (Å²) in [5, 5.41) is 0.0119. The molecule has 21 heavy (non-hydrogen) atoms. The highest BCUT2D eigenvalue weighted by molar-refractivity contribution is 9.10.